The standard InChI is InChI=1S/C18H15ClN2O/c1-12-16(13-8-4-3-5-9-13)21-18(19)17(20-12)14-10-6-7-11-15(14)22-2/h3-11H,1-2H3. The zero-order valence-electron chi connectivity index (χ0n) is 12.4. The van der Waals surface area contributed by atoms with Gasteiger partial charge in [0.25, 0.3) is 0 Å². The second-order valence-corrected chi connectivity index (χ2v) is 5.22. The Bertz CT molecular complexity index is 803. The van der Waals surface area contributed by atoms with Crippen molar-refractivity contribution in [1.82, 2.24) is 9.97 Å². The van der Waals surface area contributed by atoms with Gasteiger partial charge in [-0.25, -0.2) is 9.97 Å². The third-order valence-corrected chi connectivity index (χ3v) is 3.70. The molecule has 3 nitrogen and oxygen atoms in total. The van der Waals surface area contributed by atoms with Crippen molar-refractivity contribution in [2.75, 3.05) is 7.11 Å². The van der Waals surface area contributed by atoms with Gasteiger partial charge in [-0.05, 0) is 19.1 Å². The molecule has 0 aliphatic carbocycles. The molecular formula is C18H15ClN2O. The third kappa shape index (κ3) is 2.68. The average Bonchev–Trinajstić information content (AvgIpc) is 2.57. The van der Waals surface area contributed by atoms with Crippen molar-refractivity contribution in [1.29, 1.82) is 0 Å². The molecule has 1 aromatic heterocycles. The van der Waals surface area contributed by atoms with E-state index >= 15 is 0 Å². The predicted molar refractivity (Wildman–Crippen MR) is 89.2 cm³/mol. The maximum Gasteiger partial charge on any atom is 0.156 e. The van der Waals surface area contributed by atoms with E-state index in [1.54, 1.807) is 7.11 Å². The molecule has 22 heavy (non-hydrogen) atoms. The Morgan fingerprint density at radius 2 is 1.55 bits per heavy atom. The highest BCUT2D eigenvalue weighted by molar-refractivity contribution is 6.32. The number of methoxy groups -OCH3 is 1. The topological polar surface area (TPSA) is 35.0 Å². The molecule has 0 unspecified atom stereocenters. The summed E-state index contributed by atoms with van der Waals surface area (Å²) in [5.41, 5.74) is 4.10. The minimum atomic E-state index is 0.369. The van der Waals surface area contributed by atoms with E-state index in [2.05, 4.69) is 9.97 Å². The monoisotopic (exact) mass is 310 g/mol. The molecule has 0 aliphatic rings. The number of aryl methyl sites for hydroxylation is 1. The number of aromatic nitrogens is 2. The van der Waals surface area contributed by atoms with Gasteiger partial charge in [0.2, 0.25) is 0 Å². The summed E-state index contributed by atoms with van der Waals surface area (Å²) in [6, 6.07) is 17.6. The molecule has 0 fully saturated rings. The van der Waals surface area contributed by atoms with E-state index < -0.39 is 0 Å². The quantitative estimate of drug-likeness (QED) is 0.698. The van der Waals surface area contributed by atoms with Crippen LogP contribution in [-0.2, 0) is 0 Å². The molecular weight excluding hydrogens is 296 g/mol. The molecule has 0 bridgehead atoms. The van der Waals surface area contributed by atoms with Gasteiger partial charge in [0, 0.05) is 11.1 Å². The van der Waals surface area contributed by atoms with E-state index in [9.17, 15) is 0 Å². The van der Waals surface area contributed by atoms with Gasteiger partial charge in [-0.2, -0.15) is 0 Å². The first-order chi connectivity index (χ1) is 10.7. The number of rotatable bonds is 3. The summed E-state index contributed by atoms with van der Waals surface area (Å²) in [6.45, 7) is 1.94. The maximum absolute atomic E-state index is 6.39. The first kappa shape index (κ1) is 14.5. The van der Waals surface area contributed by atoms with Gasteiger partial charge in [-0.3, -0.25) is 0 Å². The molecule has 1 heterocycles. The van der Waals surface area contributed by atoms with Crippen molar-refractivity contribution in [3.63, 3.8) is 0 Å². The molecule has 4 heteroatoms. The molecule has 3 aromatic rings. The SMILES string of the molecule is COc1ccccc1-c1nc(C)c(-c2ccccc2)nc1Cl. The number of para-hydroxylation sites is 1. The predicted octanol–water partition coefficient (Wildman–Crippen LogP) is 4.78. The normalized spacial score (nSPS) is 10.5. The summed E-state index contributed by atoms with van der Waals surface area (Å²) < 4.78 is 5.38. The summed E-state index contributed by atoms with van der Waals surface area (Å²) in [5.74, 6) is 0.727. The highest BCUT2D eigenvalue weighted by Gasteiger charge is 2.15. The van der Waals surface area contributed by atoms with E-state index in [1.807, 2.05) is 61.5 Å². The summed E-state index contributed by atoms with van der Waals surface area (Å²) >= 11 is 6.39. The van der Waals surface area contributed by atoms with E-state index in [0.29, 0.717) is 10.8 Å². The van der Waals surface area contributed by atoms with Gasteiger partial charge in [-0.1, -0.05) is 54.1 Å². The van der Waals surface area contributed by atoms with Crippen molar-refractivity contribution in [2.24, 2.45) is 0 Å². The summed E-state index contributed by atoms with van der Waals surface area (Å²) in [5, 5.41) is 0.369. The molecule has 0 saturated carbocycles. The second kappa shape index (κ2) is 6.16. The largest absolute Gasteiger partial charge is 0.496 e. The maximum atomic E-state index is 6.39. The van der Waals surface area contributed by atoms with Crippen LogP contribution in [0.5, 0.6) is 5.75 Å². The Kier molecular flexibility index (Phi) is 4.07. The van der Waals surface area contributed by atoms with Crippen LogP contribution in [0.2, 0.25) is 5.15 Å². The third-order valence-electron chi connectivity index (χ3n) is 3.44. The van der Waals surface area contributed by atoms with Gasteiger partial charge in [0.1, 0.15) is 11.4 Å². The Morgan fingerprint density at radius 1 is 0.864 bits per heavy atom. The van der Waals surface area contributed by atoms with Gasteiger partial charge in [-0.15, -0.1) is 0 Å². The molecule has 0 spiro atoms. The Morgan fingerprint density at radius 3 is 2.27 bits per heavy atom. The molecule has 0 radical (unpaired) electrons. The summed E-state index contributed by atoms with van der Waals surface area (Å²) in [7, 11) is 1.63. The van der Waals surface area contributed by atoms with Crippen LogP contribution in [0.4, 0.5) is 0 Å². The number of halogens is 1. The first-order valence-corrected chi connectivity index (χ1v) is 7.31. The van der Waals surface area contributed by atoms with Crippen molar-refractivity contribution >= 4 is 11.6 Å². The second-order valence-electron chi connectivity index (χ2n) is 4.86. The Hall–Kier alpha value is -2.39. The fourth-order valence-electron chi connectivity index (χ4n) is 2.38. The van der Waals surface area contributed by atoms with Gasteiger partial charge < -0.3 is 4.74 Å². The van der Waals surface area contributed by atoms with Crippen molar-refractivity contribution in [2.45, 2.75) is 6.92 Å². The van der Waals surface area contributed by atoms with Crippen LogP contribution in [0.15, 0.2) is 54.6 Å². The van der Waals surface area contributed by atoms with Gasteiger partial charge in [0.15, 0.2) is 5.15 Å². The van der Waals surface area contributed by atoms with Crippen LogP contribution in [0.1, 0.15) is 5.69 Å². The highest BCUT2D eigenvalue weighted by Crippen LogP contribution is 2.34. The smallest absolute Gasteiger partial charge is 0.156 e. The molecule has 110 valence electrons. The number of benzene rings is 2. The number of hydrogen-bond acceptors (Lipinski definition) is 3. The fourth-order valence-corrected chi connectivity index (χ4v) is 2.61. The molecule has 2 aromatic carbocycles. The van der Waals surface area contributed by atoms with E-state index in [0.717, 1.165) is 28.3 Å². The van der Waals surface area contributed by atoms with Crippen molar-refractivity contribution in [3.05, 3.63) is 65.4 Å². The minimum absolute atomic E-state index is 0.369. The molecule has 0 aliphatic heterocycles. The first-order valence-electron chi connectivity index (χ1n) is 6.93. The van der Waals surface area contributed by atoms with Crippen LogP contribution in [0.25, 0.3) is 22.5 Å². The fraction of sp³-hybridized carbons (Fsp3) is 0.111. The van der Waals surface area contributed by atoms with Gasteiger partial charge >= 0.3 is 0 Å². The van der Waals surface area contributed by atoms with E-state index in [1.165, 1.54) is 0 Å². The number of hydrogen-bond donors (Lipinski definition) is 0. The lowest BCUT2D eigenvalue weighted by molar-refractivity contribution is 0.416. The van der Waals surface area contributed by atoms with Crippen LogP contribution >= 0.6 is 11.6 Å². The van der Waals surface area contributed by atoms with Crippen molar-refractivity contribution in [3.8, 4) is 28.3 Å². The average molecular weight is 311 g/mol. The molecule has 0 amide bonds. The summed E-state index contributed by atoms with van der Waals surface area (Å²) in [6.07, 6.45) is 0. The number of ether oxygens (including phenoxy) is 1. The molecule has 0 saturated heterocycles. The Labute approximate surface area is 134 Å². The molecule has 0 atom stereocenters. The van der Waals surface area contributed by atoms with Crippen molar-refractivity contribution < 1.29 is 4.74 Å². The highest BCUT2D eigenvalue weighted by atomic mass is 35.5. The zero-order valence-corrected chi connectivity index (χ0v) is 13.1. The lowest BCUT2D eigenvalue weighted by atomic mass is 10.1. The lowest BCUT2D eigenvalue weighted by Crippen LogP contribution is -1.98. The Balaban J connectivity index is 2.15. The van der Waals surface area contributed by atoms with Gasteiger partial charge in [0.05, 0.1) is 18.5 Å². The van der Waals surface area contributed by atoms with Crippen LogP contribution in [0, 0.1) is 6.92 Å². The van der Waals surface area contributed by atoms with Crippen LogP contribution in [0.3, 0.4) is 0 Å². The number of nitrogens with zero attached hydrogens (tertiary/aromatic N) is 2. The lowest BCUT2D eigenvalue weighted by Gasteiger charge is -2.12. The van der Waals surface area contributed by atoms with E-state index in [-0.39, 0.29) is 0 Å². The molecule has 3 rings (SSSR count). The van der Waals surface area contributed by atoms with Crippen LogP contribution in [-0.4, -0.2) is 17.1 Å². The molecule has 0 N–H and O–H groups in total. The van der Waals surface area contributed by atoms with E-state index in [4.69, 9.17) is 16.3 Å². The summed E-state index contributed by atoms with van der Waals surface area (Å²) in [4.78, 5) is 9.20. The van der Waals surface area contributed by atoms with Crippen LogP contribution < -0.4 is 4.74 Å². The zero-order chi connectivity index (χ0) is 15.5. The minimum Gasteiger partial charge on any atom is -0.496 e.